The molecule has 0 saturated heterocycles. The summed E-state index contributed by atoms with van der Waals surface area (Å²) in [5.74, 6) is 0.702. The highest BCUT2D eigenvalue weighted by Gasteiger charge is 2.31. The highest BCUT2D eigenvalue weighted by Crippen LogP contribution is 2.35. The Morgan fingerprint density at radius 3 is 2.60 bits per heavy atom. The Labute approximate surface area is 127 Å². The third-order valence-electron chi connectivity index (χ3n) is 3.80. The average molecular weight is 291 g/mol. The van der Waals surface area contributed by atoms with Crippen LogP contribution in [0.25, 0.3) is 0 Å². The van der Waals surface area contributed by atoms with Crippen molar-refractivity contribution in [2.45, 2.75) is 53.0 Å². The second-order valence-corrected chi connectivity index (χ2v) is 6.65. The van der Waals surface area contributed by atoms with Gasteiger partial charge in [-0.1, -0.05) is 26.1 Å². The zero-order valence-corrected chi connectivity index (χ0v) is 13.8. The standard InChI is InChI=1S/C16H25N3S/c1-10(2)7-8-19(13-5-6-13)14-9-11(3)18-12(4)15(14)16(17)20/h9-10,13H,5-8H2,1-4H3,(H2,17,20). The van der Waals surface area contributed by atoms with Crippen LogP contribution in [0.2, 0.25) is 0 Å². The van der Waals surface area contributed by atoms with Gasteiger partial charge in [-0.05, 0) is 45.1 Å². The fourth-order valence-electron chi connectivity index (χ4n) is 2.62. The molecular formula is C16H25N3S. The largest absolute Gasteiger partial charge is 0.389 e. The number of nitrogens with zero attached hydrogens (tertiary/aromatic N) is 2. The number of nitrogens with two attached hydrogens (primary N) is 1. The van der Waals surface area contributed by atoms with Gasteiger partial charge < -0.3 is 10.6 Å². The summed E-state index contributed by atoms with van der Waals surface area (Å²) in [6.45, 7) is 9.64. The Hall–Kier alpha value is -1.16. The molecule has 0 radical (unpaired) electrons. The molecule has 0 bridgehead atoms. The smallest absolute Gasteiger partial charge is 0.107 e. The van der Waals surface area contributed by atoms with Gasteiger partial charge in [-0.3, -0.25) is 4.98 Å². The van der Waals surface area contributed by atoms with E-state index in [1.165, 1.54) is 24.9 Å². The lowest BCUT2D eigenvalue weighted by Crippen LogP contribution is -2.31. The molecule has 1 aromatic rings. The van der Waals surface area contributed by atoms with Crippen molar-refractivity contribution in [1.29, 1.82) is 0 Å². The molecule has 3 nitrogen and oxygen atoms in total. The number of rotatable bonds is 6. The normalized spacial score (nSPS) is 14.7. The van der Waals surface area contributed by atoms with Crippen LogP contribution in [0, 0.1) is 19.8 Å². The van der Waals surface area contributed by atoms with Crippen LogP contribution in [0.4, 0.5) is 5.69 Å². The third-order valence-corrected chi connectivity index (χ3v) is 4.00. The molecule has 4 heteroatoms. The van der Waals surface area contributed by atoms with Gasteiger partial charge in [0.05, 0.1) is 11.3 Å². The second kappa shape index (κ2) is 6.08. The number of hydrogen-bond acceptors (Lipinski definition) is 3. The van der Waals surface area contributed by atoms with Crippen LogP contribution in [0.3, 0.4) is 0 Å². The summed E-state index contributed by atoms with van der Waals surface area (Å²) >= 11 is 5.25. The van der Waals surface area contributed by atoms with E-state index in [-0.39, 0.29) is 0 Å². The highest BCUT2D eigenvalue weighted by atomic mass is 32.1. The Morgan fingerprint density at radius 2 is 2.10 bits per heavy atom. The molecule has 0 unspecified atom stereocenters. The van der Waals surface area contributed by atoms with Gasteiger partial charge in [-0.2, -0.15) is 0 Å². The van der Waals surface area contributed by atoms with E-state index in [1.807, 2.05) is 13.8 Å². The van der Waals surface area contributed by atoms with Gasteiger partial charge in [0.15, 0.2) is 0 Å². The summed E-state index contributed by atoms with van der Waals surface area (Å²) in [5.41, 5.74) is 10.1. The van der Waals surface area contributed by atoms with Crippen molar-refractivity contribution in [3.8, 4) is 0 Å². The fraction of sp³-hybridized carbons (Fsp3) is 0.625. The van der Waals surface area contributed by atoms with Crippen LogP contribution in [-0.4, -0.2) is 22.6 Å². The number of aryl methyl sites for hydroxylation is 2. The van der Waals surface area contributed by atoms with Crippen molar-refractivity contribution in [3.05, 3.63) is 23.0 Å². The zero-order chi connectivity index (χ0) is 14.9. The maximum Gasteiger partial charge on any atom is 0.107 e. The molecule has 20 heavy (non-hydrogen) atoms. The molecule has 1 saturated carbocycles. The summed E-state index contributed by atoms with van der Waals surface area (Å²) in [7, 11) is 0. The van der Waals surface area contributed by atoms with E-state index < -0.39 is 0 Å². The van der Waals surface area contributed by atoms with Crippen molar-refractivity contribution in [2.24, 2.45) is 11.7 Å². The summed E-state index contributed by atoms with van der Waals surface area (Å²) in [5, 5.41) is 0. The molecule has 0 amide bonds. The van der Waals surface area contributed by atoms with Crippen molar-refractivity contribution in [3.63, 3.8) is 0 Å². The Balaban J connectivity index is 2.38. The Morgan fingerprint density at radius 1 is 1.45 bits per heavy atom. The number of anilines is 1. The van der Waals surface area contributed by atoms with Gasteiger partial charge in [-0.25, -0.2) is 0 Å². The zero-order valence-electron chi connectivity index (χ0n) is 12.9. The van der Waals surface area contributed by atoms with Crippen LogP contribution in [-0.2, 0) is 0 Å². The molecule has 0 aliphatic heterocycles. The molecule has 1 heterocycles. The minimum absolute atomic E-state index is 0.459. The van der Waals surface area contributed by atoms with Crippen LogP contribution in [0.1, 0.15) is 50.1 Å². The Kier molecular flexibility index (Phi) is 4.63. The van der Waals surface area contributed by atoms with Gasteiger partial charge in [0, 0.05) is 24.0 Å². The number of hydrogen-bond donors (Lipinski definition) is 1. The maximum atomic E-state index is 5.94. The lowest BCUT2D eigenvalue weighted by Gasteiger charge is -2.28. The van der Waals surface area contributed by atoms with Gasteiger partial charge >= 0.3 is 0 Å². The first-order valence-electron chi connectivity index (χ1n) is 7.44. The molecule has 1 aliphatic carbocycles. The summed E-state index contributed by atoms with van der Waals surface area (Å²) < 4.78 is 0. The van der Waals surface area contributed by atoms with Crippen molar-refractivity contribution >= 4 is 22.9 Å². The van der Waals surface area contributed by atoms with Gasteiger partial charge in [0.25, 0.3) is 0 Å². The van der Waals surface area contributed by atoms with E-state index in [1.54, 1.807) is 0 Å². The lowest BCUT2D eigenvalue weighted by atomic mass is 10.1. The summed E-state index contributed by atoms with van der Waals surface area (Å²) in [4.78, 5) is 7.47. The molecule has 0 spiro atoms. The quantitative estimate of drug-likeness (QED) is 0.816. The van der Waals surface area contributed by atoms with Crippen LogP contribution in [0.5, 0.6) is 0 Å². The predicted molar refractivity (Wildman–Crippen MR) is 89.4 cm³/mol. The average Bonchev–Trinajstić information content (AvgIpc) is 3.11. The molecule has 110 valence electrons. The van der Waals surface area contributed by atoms with Crippen LogP contribution < -0.4 is 10.6 Å². The van der Waals surface area contributed by atoms with E-state index in [0.29, 0.717) is 16.9 Å². The lowest BCUT2D eigenvalue weighted by molar-refractivity contribution is 0.570. The van der Waals surface area contributed by atoms with Gasteiger partial charge in [0.1, 0.15) is 4.99 Å². The number of aromatic nitrogens is 1. The molecule has 1 aromatic heterocycles. The van der Waals surface area contributed by atoms with Crippen LogP contribution in [0.15, 0.2) is 6.07 Å². The first kappa shape index (κ1) is 15.2. The van der Waals surface area contributed by atoms with E-state index >= 15 is 0 Å². The second-order valence-electron chi connectivity index (χ2n) is 6.21. The Bertz CT molecular complexity index is 507. The molecule has 0 atom stereocenters. The predicted octanol–water partition coefficient (Wildman–Crippen LogP) is 3.35. The van der Waals surface area contributed by atoms with Crippen molar-refractivity contribution in [1.82, 2.24) is 4.98 Å². The highest BCUT2D eigenvalue weighted by molar-refractivity contribution is 7.80. The molecule has 2 N–H and O–H groups in total. The topological polar surface area (TPSA) is 42.1 Å². The summed E-state index contributed by atoms with van der Waals surface area (Å²) in [6.07, 6.45) is 3.73. The minimum Gasteiger partial charge on any atom is -0.389 e. The summed E-state index contributed by atoms with van der Waals surface area (Å²) in [6, 6.07) is 2.79. The van der Waals surface area contributed by atoms with Crippen LogP contribution >= 0.6 is 12.2 Å². The first-order valence-corrected chi connectivity index (χ1v) is 7.85. The molecule has 1 aliphatic rings. The number of pyridine rings is 1. The third kappa shape index (κ3) is 3.48. The number of thiocarbonyl (C=S) groups is 1. The molecular weight excluding hydrogens is 266 g/mol. The molecule has 0 aromatic carbocycles. The van der Waals surface area contributed by atoms with E-state index in [2.05, 4.69) is 29.8 Å². The van der Waals surface area contributed by atoms with Crippen molar-refractivity contribution < 1.29 is 0 Å². The van der Waals surface area contributed by atoms with E-state index in [4.69, 9.17) is 18.0 Å². The minimum atomic E-state index is 0.459. The van der Waals surface area contributed by atoms with E-state index in [9.17, 15) is 0 Å². The van der Waals surface area contributed by atoms with Crippen molar-refractivity contribution in [2.75, 3.05) is 11.4 Å². The fourth-order valence-corrected chi connectivity index (χ4v) is 2.87. The monoisotopic (exact) mass is 291 g/mol. The SMILES string of the molecule is Cc1cc(N(CCC(C)C)C2CC2)c(C(N)=S)c(C)n1. The maximum absolute atomic E-state index is 5.94. The van der Waals surface area contributed by atoms with Gasteiger partial charge in [-0.15, -0.1) is 0 Å². The molecule has 2 rings (SSSR count). The van der Waals surface area contributed by atoms with E-state index in [0.717, 1.165) is 23.5 Å². The first-order chi connectivity index (χ1) is 9.40. The molecule has 1 fully saturated rings. The van der Waals surface area contributed by atoms with Gasteiger partial charge in [0.2, 0.25) is 0 Å².